The zero-order valence-corrected chi connectivity index (χ0v) is 13.8. The number of thiocarbonyl (C=S) groups is 1. The van der Waals surface area contributed by atoms with Gasteiger partial charge in [0.2, 0.25) is 0 Å². The summed E-state index contributed by atoms with van der Waals surface area (Å²) in [6.07, 6.45) is 1.82. The van der Waals surface area contributed by atoms with E-state index < -0.39 is 0 Å². The smallest absolute Gasteiger partial charge is 0.171 e. The van der Waals surface area contributed by atoms with E-state index in [-0.39, 0.29) is 6.04 Å². The van der Waals surface area contributed by atoms with Crippen LogP contribution in [0.1, 0.15) is 36.7 Å². The van der Waals surface area contributed by atoms with Gasteiger partial charge in [-0.3, -0.25) is 4.68 Å². The van der Waals surface area contributed by atoms with Gasteiger partial charge in [-0.25, -0.2) is 0 Å². The monoisotopic (exact) mass is 302 g/mol. The Balaban J connectivity index is 2.01. The van der Waals surface area contributed by atoms with E-state index in [2.05, 4.69) is 61.6 Å². The summed E-state index contributed by atoms with van der Waals surface area (Å²) in [6.45, 7) is 9.18. The molecule has 0 spiro atoms. The van der Waals surface area contributed by atoms with Gasteiger partial charge in [0.15, 0.2) is 5.11 Å². The normalized spacial score (nSPS) is 12.0. The summed E-state index contributed by atoms with van der Waals surface area (Å²) in [7, 11) is 0. The molecule has 112 valence electrons. The number of aryl methyl sites for hydroxylation is 3. The maximum Gasteiger partial charge on any atom is 0.171 e. The van der Waals surface area contributed by atoms with E-state index in [0.29, 0.717) is 5.11 Å². The molecular formula is C16H22N4S. The van der Waals surface area contributed by atoms with E-state index in [4.69, 9.17) is 12.2 Å². The molecule has 2 rings (SSSR count). The standard InChI is InChI=1S/C16H22N4S/c1-5-20-15(8-9-17-20)13(4)18-16(21)19-14-7-6-11(2)10-12(14)3/h6-10,13H,5H2,1-4H3,(H2,18,19,21). The molecule has 0 aliphatic carbocycles. The Labute approximate surface area is 131 Å². The molecule has 21 heavy (non-hydrogen) atoms. The zero-order valence-electron chi connectivity index (χ0n) is 13.0. The van der Waals surface area contributed by atoms with Crippen LogP contribution in [0.25, 0.3) is 0 Å². The van der Waals surface area contributed by atoms with Crippen molar-refractivity contribution in [2.75, 3.05) is 5.32 Å². The number of rotatable bonds is 4. The van der Waals surface area contributed by atoms with Crippen molar-refractivity contribution in [3.8, 4) is 0 Å². The van der Waals surface area contributed by atoms with Crippen LogP contribution < -0.4 is 10.6 Å². The maximum absolute atomic E-state index is 5.41. The van der Waals surface area contributed by atoms with Gasteiger partial charge in [0, 0.05) is 18.4 Å². The number of hydrogen-bond donors (Lipinski definition) is 2. The summed E-state index contributed by atoms with van der Waals surface area (Å²) in [5.41, 5.74) is 4.60. The van der Waals surface area contributed by atoms with Crippen LogP contribution in [0.2, 0.25) is 0 Å². The molecule has 0 saturated heterocycles. The third kappa shape index (κ3) is 3.82. The molecule has 1 aromatic carbocycles. The summed E-state index contributed by atoms with van der Waals surface area (Å²) >= 11 is 5.41. The van der Waals surface area contributed by atoms with Gasteiger partial charge < -0.3 is 10.6 Å². The van der Waals surface area contributed by atoms with Gasteiger partial charge in [-0.05, 0) is 57.6 Å². The fourth-order valence-electron chi connectivity index (χ4n) is 2.36. The second-order valence-electron chi connectivity index (χ2n) is 5.21. The van der Waals surface area contributed by atoms with E-state index in [1.54, 1.807) is 0 Å². The molecule has 2 aromatic rings. The van der Waals surface area contributed by atoms with Crippen LogP contribution in [0, 0.1) is 13.8 Å². The third-order valence-corrected chi connectivity index (χ3v) is 3.69. The van der Waals surface area contributed by atoms with Crippen molar-refractivity contribution in [3.63, 3.8) is 0 Å². The van der Waals surface area contributed by atoms with Crippen molar-refractivity contribution in [2.24, 2.45) is 0 Å². The molecule has 0 radical (unpaired) electrons. The fraction of sp³-hybridized carbons (Fsp3) is 0.375. The Morgan fingerprint density at radius 2 is 2.10 bits per heavy atom. The molecule has 0 saturated carbocycles. The molecule has 2 N–H and O–H groups in total. The topological polar surface area (TPSA) is 41.9 Å². The highest BCUT2D eigenvalue weighted by atomic mass is 32.1. The Morgan fingerprint density at radius 1 is 1.33 bits per heavy atom. The molecule has 0 aliphatic heterocycles. The van der Waals surface area contributed by atoms with E-state index >= 15 is 0 Å². The molecule has 1 unspecified atom stereocenters. The van der Waals surface area contributed by atoms with E-state index in [9.17, 15) is 0 Å². The number of hydrogen-bond acceptors (Lipinski definition) is 2. The second kappa shape index (κ2) is 6.72. The number of anilines is 1. The molecule has 0 aliphatic rings. The molecule has 1 atom stereocenters. The first-order valence-electron chi connectivity index (χ1n) is 7.17. The largest absolute Gasteiger partial charge is 0.354 e. The van der Waals surface area contributed by atoms with Crippen LogP contribution >= 0.6 is 12.2 Å². The van der Waals surface area contributed by atoms with Gasteiger partial charge in [0.25, 0.3) is 0 Å². The molecule has 1 aromatic heterocycles. The van der Waals surface area contributed by atoms with Crippen LogP contribution in [0.15, 0.2) is 30.5 Å². The fourth-order valence-corrected chi connectivity index (χ4v) is 2.64. The molecule has 4 nitrogen and oxygen atoms in total. The van der Waals surface area contributed by atoms with Gasteiger partial charge >= 0.3 is 0 Å². The summed E-state index contributed by atoms with van der Waals surface area (Å²) in [5, 5.41) is 11.5. The number of benzene rings is 1. The zero-order chi connectivity index (χ0) is 15.4. The van der Waals surface area contributed by atoms with Crippen LogP contribution in [0.3, 0.4) is 0 Å². The predicted molar refractivity (Wildman–Crippen MR) is 91.6 cm³/mol. The minimum atomic E-state index is 0.109. The van der Waals surface area contributed by atoms with E-state index in [1.807, 2.05) is 16.9 Å². The van der Waals surface area contributed by atoms with Gasteiger partial charge in [0.1, 0.15) is 0 Å². The van der Waals surface area contributed by atoms with Crippen molar-refractivity contribution in [1.82, 2.24) is 15.1 Å². The summed E-state index contributed by atoms with van der Waals surface area (Å²) < 4.78 is 1.97. The maximum atomic E-state index is 5.41. The average molecular weight is 302 g/mol. The minimum absolute atomic E-state index is 0.109. The molecule has 0 amide bonds. The lowest BCUT2D eigenvalue weighted by Gasteiger charge is -2.19. The van der Waals surface area contributed by atoms with Crippen LogP contribution in [-0.2, 0) is 6.54 Å². The van der Waals surface area contributed by atoms with Crippen LogP contribution in [0.5, 0.6) is 0 Å². The third-order valence-electron chi connectivity index (χ3n) is 3.47. The SMILES string of the molecule is CCn1nccc1C(C)NC(=S)Nc1ccc(C)cc1C. The van der Waals surface area contributed by atoms with Gasteiger partial charge in [0.05, 0.1) is 11.7 Å². The Hall–Kier alpha value is -1.88. The lowest BCUT2D eigenvalue weighted by molar-refractivity contribution is 0.568. The summed E-state index contributed by atoms with van der Waals surface area (Å²) in [4.78, 5) is 0. The Bertz CT molecular complexity index is 633. The van der Waals surface area contributed by atoms with Crippen molar-refractivity contribution < 1.29 is 0 Å². The highest BCUT2D eigenvalue weighted by Gasteiger charge is 2.12. The summed E-state index contributed by atoms with van der Waals surface area (Å²) in [6, 6.07) is 8.40. The lowest BCUT2D eigenvalue weighted by Crippen LogP contribution is -2.32. The molecule has 0 fully saturated rings. The van der Waals surface area contributed by atoms with Crippen molar-refractivity contribution in [1.29, 1.82) is 0 Å². The average Bonchev–Trinajstić information content (AvgIpc) is 2.90. The van der Waals surface area contributed by atoms with Crippen LogP contribution in [-0.4, -0.2) is 14.9 Å². The summed E-state index contributed by atoms with van der Waals surface area (Å²) in [5.74, 6) is 0. The van der Waals surface area contributed by atoms with Crippen molar-refractivity contribution in [2.45, 2.75) is 40.3 Å². The van der Waals surface area contributed by atoms with Gasteiger partial charge in [-0.2, -0.15) is 5.10 Å². The van der Waals surface area contributed by atoms with Gasteiger partial charge in [-0.1, -0.05) is 17.7 Å². The first-order valence-corrected chi connectivity index (χ1v) is 7.58. The highest BCUT2D eigenvalue weighted by Crippen LogP contribution is 2.17. The van der Waals surface area contributed by atoms with Crippen molar-refractivity contribution in [3.05, 3.63) is 47.3 Å². The van der Waals surface area contributed by atoms with E-state index in [0.717, 1.165) is 17.9 Å². The molecular weight excluding hydrogens is 280 g/mol. The van der Waals surface area contributed by atoms with E-state index in [1.165, 1.54) is 11.1 Å². The molecule has 0 bridgehead atoms. The molecule has 1 heterocycles. The Morgan fingerprint density at radius 3 is 2.76 bits per heavy atom. The lowest BCUT2D eigenvalue weighted by atomic mass is 10.1. The second-order valence-corrected chi connectivity index (χ2v) is 5.62. The highest BCUT2D eigenvalue weighted by molar-refractivity contribution is 7.80. The first kappa shape index (κ1) is 15.5. The quantitative estimate of drug-likeness (QED) is 0.847. The number of nitrogens with zero attached hydrogens (tertiary/aromatic N) is 2. The van der Waals surface area contributed by atoms with Crippen molar-refractivity contribution >= 4 is 23.0 Å². The number of nitrogens with one attached hydrogen (secondary N) is 2. The minimum Gasteiger partial charge on any atom is -0.354 e. The first-order chi connectivity index (χ1) is 10.0. The Kier molecular flexibility index (Phi) is 4.96. The van der Waals surface area contributed by atoms with Gasteiger partial charge in [-0.15, -0.1) is 0 Å². The predicted octanol–water partition coefficient (Wildman–Crippen LogP) is 3.57. The van der Waals surface area contributed by atoms with Crippen LogP contribution in [0.4, 0.5) is 5.69 Å². The number of aromatic nitrogens is 2. The molecule has 5 heteroatoms.